The molecule has 0 radical (unpaired) electrons. The molecule has 126 valence electrons. The van der Waals surface area contributed by atoms with Crippen LogP contribution in [0.2, 0.25) is 0 Å². The Bertz CT molecular complexity index is 642. The number of benzene rings is 1. The molecule has 1 aromatic heterocycles. The SMILES string of the molecule is Cc1ccccc1-c1nc(C(=O)NC(CN)CC(C)C)cs1.Cl. The van der Waals surface area contributed by atoms with Crippen LogP contribution in [0.5, 0.6) is 0 Å². The summed E-state index contributed by atoms with van der Waals surface area (Å²) in [5.74, 6) is 0.346. The molecule has 0 aliphatic heterocycles. The van der Waals surface area contributed by atoms with Crippen LogP contribution in [-0.2, 0) is 0 Å². The third kappa shape index (κ3) is 5.30. The number of rotatable bonds is 6. The highest BCUT2D eigenvalue weighted by atomic mass is 35.5. The van der Waals surface area contributed by atoms with E-state index in [1.54, 1.807) is 5.38 Å². The fraction of sp³-hybridized carbons (Fsp3) is 0.412. The fourth-order valence-electron chi connectivity index (χ4n) is 2.36. The maximum absolute atomic E-state index is 12.3. The third-order valence-corrected chi connectivity index (χ3v) is 4.36. The molecule has 23 heavy (non-hydrogen) atoms. The summed E-state index contributed by atoms with van der Waals surface area (Å²) >= 11 is 1.49. The minimum atomic E-state index is -0.146. The predicted molar refractivity (Wildman–Crippen MR) is 99.3 cm³/mol. The van der Waals surface area contributed by atoms with Gasteiger partial charge in [-0.1, -0.05) is 38.1 Å². The number of aromatic nitrogens is 1. The van der Waals surface area contributed by atoms with Gasteiger partial charge in [-0.2, -0.15) is 0 Å². The Labute approximate surface area is 147 Å². The van der Waals surface area contributed by atoms with E-state index >= 15 is 0 Å². The average Bonchev–Trinajstić information content (AvgIpc) is 2.96. The summed E-state index contributed by atoms with van der Waals surface area (Å²) in [7, 11) is 0. The van der Waals surface area contributed by atoms with Gasteiger partial charge in [0.25, 0.3) is 5.91 Å². The van der Waals surface area contributed by atoms with Crippen molar-refractivity contribution < 1.29 is 4.79 Å². The van der Waals surface area contributed by atoms with E-state index in [2.05, 4.69) is 24.1 Å². The number of carbonyl (C=O) groups is 1. The lowest BCUT2D eigenvalue weighted by Gasteiger charge is -2.18. The number of hydrogen-bond donors (Lipinski definition) is 2. The fourth-order valence-corrected chi connectivity index (χ4v) is 3.25. The average molecular weight is 354 g/mol. The van der Waals surface area contributed by atoms with E-state index in [9.17, 15) is 4.79 Å². The highest BCUT2D eigenvalue weighted by molar-refractivity contribution is 7.13. The maximum Gasteiger partial charge on any atom is 0.271 e. The van der Waals surface area contributed by atoms with Gasteiger partial charge in [-0.05, 0) is 24.8 Å². The zero-order valence-corrected chi connectivity index (χ0v) is 15.3. The molecule has 2 aromatic rings. The van der Waals surface area contributed by atoms with Crippen molar-refractivity contribution in [3.63, 3.8) is 0 Å². The van der Waals surface area contributed by atoms with Gasteiger partial charge in [-0.3, -0.25) is 4.79 Å². The van der Waals surface area contributed by atoms with E-state index < -0.39 is 0 Å². The predicted octanol–water partition coefficient (Wildman–Crippen LogP) is 3.64. The molecule has 3 N–H and O–H groups in total. The quantitative estimate of drug-likeness (QED) is 0.833. The summed E-state index contributed by atoms with van der Waals surface area (Å²) in [6, 6.07) is 8.05. The van der Waals surface area contributed by atoms with Crippen molar-refractivity contribution in [1.82, 2.24) is 10.3 Å². The van der Waals surface area contributed by atoms with Crippen LogP contribution in [0.1, 0.15) is 36.3 Å². The molecule has 0 spiro atoms. The van der Waals surface area contributed by atoms with Crippen LogP contribution in [0.25, 0.3) is 10.6 Å². The monoisotopic (exact) mass is 353 g/mol. The first kappa shape index (κ1) is 19.6. The summed E-state index contributed by atoms with van der Waals surface area (Å²) < 4.78 is 0. The molecule has 6 heteroatoms. The van der Waals surface area contributed by atoms with Crippen molar-refractivity contribution in [2.24, 2.45) is 11.7 Å². The molecule has 1 amide bonds. The van der Waals surface area contributed by atoms with Gasteiger partial charge in [0.1, 0.15) is 10.7 Å². The topological polar surface area (TPSA) is 68.0 Å². The Balaban J connectivity index is 0.00000264. The number of aryl methyl sites for hydroxylation is 1. The lowest BCUT2D eigenvalue weighted by molar-refractivity contribution is 0.0929. The summed E-state index contributed by atoms with van der Waals surface area (Å²) in [6.45, 7) is 6.73. The standard InChI is InChI=1S/C17H23N3OS.ClH/c1-11(2)8-13(9-18)19-16(21)15-10-22-17(20-15)14-7-5-4-6-12(14)3;/h4-7,10-11,13H,8-9,18H2,1-3H3,(H,19,21);1H. The Morgan fingerprint density at radius 1 is 1.35 bits per heavy atom. The van der Waals surface area contributed by atoms with Crippen LogP contribution in [0.15, 0.2) is 29.6 Å². The first-order valence-corrected chi connectivity index (χ1v) is 8.41. The molecule has 0 saturated carbocycles. The van der Waals surface area contributed by atoms with E-state index in [0.717, 1.165) is 22.6 Å². The highest BCUT2D eigenvalue weighted by Crippen LogP contribution is 2.26. The van der Waals surface area contributed by atoms with E-state index in [0.29, 0.717) is 18.2 Å². The van der Waals surface area contributed by atoms with Gasteiger partial charge in [0, 0.05) is 23.5 Å². The Morgan fingerprint density at radius 3 is 2.65 bits per heavy atom. The molecule has 1 atom stereocenters. The van der Waals surface area contributed by atoms with Crippen molar-refractivity contribution in [1.29, 1.82) is 0 Å². The molecular formula is C17H24ClN3OS. The molecule has 1 heterocycles. The summed E-state index contributed by atoms with van der Waals surface area (Å²) in [6.07, 6.45) is 0.872. The summed E-state index contributed by atoms with van der Waals surface area (Å²) in [5.41, 5.74) is 8.42. The van der Waals surface area contributed by atoms with Crippen LogP contribution in [0.3, 0.4) is 0 Å². The van der Waals surface area contributed by atoms with Gasteiger partial charge in [-0.25, -0.2) is 4.98 Å². The number of carbonyl (C=O) groups excluding carboxylic acids is 1. The second-order valence-corrected chi connectivity index (χ2v) is 6.75. The number of amides is 1. The number of nitrogens with two attached hydrogens (primary N) is 1. The van der Waals surface area contributed by atoms with Crippen LogP contribution in [0, 0.1) is 12.8 Å². The lowest BCUT2D eigenvalue weighted by Crippen LogP contribution is -2.41. The molecule has 0 saturated heterocycles. The van der Waals surface area contributed by atoms with Crippen LogP contribution in [0.4, 0.5) is 0 Å². The van der Waals surface area contributed by atoms with Crippen molar-refractivity contribution in [2.45, 2.75) is 33.2 Å². The molecule has 1 aromatic carbocycles. The molecule has 0 fully saturated rings. The van der Waals surface area contributed by atoms with Gasteiger partial charge >= 0.3 is 0 Å². The number of hydrogen-bond acceptors (Lipinski definition) is 4. The minimum Gasteiger partial charge on any atom is -0.347 e. The Kier molecular flexibility index (Phi) is 7.68. The number of nitrogens with one attached hydrogen (secondary N) is 1. The Hall–Kier alpha value is -1.43. The molecule has 1 unspecified atom stereocenters. The van der Waals surface area contributed by atoms with E-state index in [-0.39, 0.29) is 24.4 Å². The van der Waals surface area contributed by atoms with Crippen molar-refractivity contribution in [3.8, 4) is 10.6 Å². The molecular weight excluding hydrogens is 330 g/mol. The summed E-state index contributed by atoms with van der Waals surface area (Å²) in [4.78, 5) is 16.8. The zero-order chi connectivity index (χ0) is 16.1. The molecule has 0 bridgehead atoms. The molecule has 0 aliphatic carbocycles. The second-order valence-electron chi connectivity index (χ2n) is 5.89. The number of thiazole rings is 1. The van der Waals surface area contributed by atoms with Crippen molar-refractivity contribution in [3.05, 3.63) is 40.9 Å². The first-order chi connectivity index (χ1) is 10.5. The largest absolute Gasteiger partial charge is 0.347 e. The molecule has 0 aliphatic rings. The number of nitrogens with zero attached hydrogens (tertiary/aromatic N) is 1. The maximum atomic E-state index is 12.3. The van der Waals surface area contributed by atoms with Crippen molar-refractivity contribution >= 4 is 29.7 Å². The third-order valence-electron chi connectivity index (χ3n) is 3.49. The van der Waals surface area contributed by atoms with Gasteiger partial charge in [0.15, 0.2) is 0 Å². The lowest BCUT2D eigenvalue weighted by atomic mass is 10.0. The van der Waals surface area contributed by atoms with Crippen LogP contribution in [-0.4, -0.2) is 23.5 Å². The van der Waals surface area contributed by atoms with Gasteiger partial charge in [-0.15, -0.1) is 23.7 Å². The summed E-state index contributed by atoms with van der Waals surface area (Å²) in [5, 5.41) is 5.65. The van der Waals surface area contributed by atoms with Gasteiger partial charge < -0.3 is 11.1 Å². The van der Waals surface area contributed by atoms with E-state index in [1.807, 2.05) is 31.2 Å². The van der Waals surface area contributed by atoms with E-state index in [1.165, 1.54) is 11.3 Å². The second kappa shape index (κ2) is 9.01. The smallest absolute Gasteiger partial charge is 0.271 e. The molecule has 2 rings (SSSR count). The van der Waals surface area contributed by atoms with Crippen molar-refractivity contribution in [2.75, 3.05) is 6.54 Å². The van der Waals surface area contributed by atoms with E-state index in [4.69, 9.17) is 5.73 Å². The highest BCUT2D eigenvalue weighted by Gasteiger charge is 2.17. The van der Waals surface area contributed by atoms with Crippen LogP contribution >= 0.6 is 23.7 Å². The number of halogens is 1. The normalized spacial score (nSPS) is 11.9. The Morgan fingerprint density at radius 2 is 2.04 bits per heavy atom. The first-order valence-electron chi connectivity index (χ1n) is 7.53. The van der Waals surface area contributed by atoms with Gasteiger partial charge in [0.05, 0.1) is 0 Å². The van der Waals surface area contributed by atoms with Gasteiger partial charge in [0.2, 0.25) is 0 Å². The minimum absolute atomic E-state index is 0. The molecule has 4 nitrogen and oxygen atoms in total. The van der Waals surface area contributed by atoms with Crippen LogP contribution < -0.4 is 11.1 Å². The zero-order valence-electron chi connectivity index (χ0n) is 13.7.